The first-order valence-corrected chi connectivity index (χ1v) is 11.4. The van der Waals surface area contributed by atoms with Crippen molar-refractivity contribution in [3.8, 4) is 5.75 Å². The average Bonchev–Trinajstić information content (AvgIpc) is 3.61. The van der Waals surface area contributed by atoms with Gasteiger partial charge in [-0.1, -0.05) is 0 Å². The number of benzene rings is 1. The molecule has 1 aliphatic heterocycles. The molecule has 1 aromatic heterocycles. The molecule has 1 N–H and O–H groups in total. The number of methoxy groups -OCH3 is 1. The number of ether oxygens (including phenoxy) is 2. The van der Waals surface area contributed by atoms with Gasteiger partial charge >= 0.3 is 0 Å². The number of aromatic nitrogens is 1. The van der Waals surface area contributed by atoms with E-state index in [1.807, 2.05) is 4.90 Å². The van der Waals surface area contributed by atoms with Crippen molar-refractivity contribution >= 4 is 5.91 Å². The van der Waals surface area contributed by atoms with Crippen LogP contribution in [0.4, 0.5) is 13.2 Å². The van der Waals surface area contributed by atoms with E-state index in [0.717, 1.165) is 25.7 Å². The van der Waals surface area contributed by atoms with Gasteiger partial charge in [-0.3, -0.25) is 9.69 Å². The molecule has 1 amide bonds. The lowest BCUT2D eigenvalue weighted by molar-refractivity contribution is -0.132. The molecule has 0 bridgehead atoms. The zero-order valence-corrected chi connectivity index (χ0v) is 19.1. The van der Waals surface area contributed by atoms with Crippen molar-refractivity contribution in [2.24, 2.45) is 0 Å². The summed E-state index contributed by atoms with van der Waals surface area (Å²) >= 11 is 0. The van der Waals surface area contributed by atoms with Gasteiger partial charge in [-0.25, -0.2) is 13.8 Å². The van der Waals surface area contributed by atoms with Gasteiger partial charge in [0, 0.05) is 75.2 Å². The monoisotopic (exact) mass is 478 g/mol. The maximum atomic E-state index is 14.5. The van der Waals surface area contributed by atoms with Crippen LogP contribution in [0.3, 0.4) is 0 Å². The predicted molar refractivity (Wildman–Crippen MR) is 119 cm³/mol. The number of hydrogen-bond donors (Lipinski definition) is 1. The minimum atomic E-state index is -0.840. The third-order valence-electron chi connectivity index (χ3n) is 6.29. The summed E-state index contributed by atoms with van der Waals surface area (Å²) in [7, 11) is 1.67. The van der Waals surface area contributed by atoms with Gasteiger partial charge in [-0.05, 0) is 24.6 Å². The van der Waals surface area contributed by atoms with Crippen molar-refractivity contribution in [3.05, 3.63) is 59.2 Å². The summed E-state index contributed by atoms with van der Waals surface area (Å²) in [6.07, 6.45) is 1.93. The van der Waals surface area contributed by atoms with Crippen LogP contribution in [0, 0.1) is 17.6 Å². The van der Waals surface area contributed by atoms with Gasteiger partial charge in [0.25, 0.3) is 0 Å². The maximum absolute atomic E-state index is 14.5. The summed E-state index contributed by atoms with van der Waals surface area (Å²) in [5.74, 6) is -2.54. The summed E-state index contributed by atoms with van der Waals surface area (Å²) < 4.78 is 52.9. The lowest BCUT2D eigenvalue weighted by Gasteiger charge is -2.34. The maximum Gasteiger partial charge on any atom is 0.236 e. The molecule has 34 heavy (non-hydrogen) atoms. The molecule has 10 heteroatoms. The quantitative estimate of drug-likeness (QED) is 0.529. The smallest absolute Gasteiger partial charge is 0.236 e. The average molecular weight is 479 g/mol. The SMILES string of the molecule is COCCN1CCN(C(=O)CNC2CC2c2cc(F)cc(F)c2OCc2cccnc2F)CC1. The number of carbonyl (C=O) groups is 1. The highest BCUT2D eigenvalue weighted by atomic mass is 19.1. The van der Waals surface area contributed by atoms with Gasteiger partial charge in [0.2, 0.25) is 11.9 Å². The molecule has 2 heterocycles. The van der Waals surface area contributed by atoms with E-state index in [1.54, 1.807) is 13.2 Å². The van der Waals surface area contributed by atoms with Gasteiger partial charge in [-0.2, -0.15) is 4.39 Å². The Morgan fingerprint density at radius 1 is 1.21 bits per heavy atom. The molecule has 2 aliphatic rings. The number of piperazine rings is 1. The third kappa shape index (κ3) is 6.05. The number of rotatable bonds is 10. The third-order valence-corrected chi connectivity index (χ3v) is 6.29. The molecule has 4 rings (SSSR count). The topological polar surface area (TPSA) is 66.9 Å². The first-order valence-electron chi connectivity index (χ1n) is 11.4. The van der Waals surface area contributed by atoms with E-state index in [2.05, 4.69) is 15.2 Å². The molecule has 1 aromatic carbocycles. The van der Waals surface area contributed by atoms with Crippen molar-refractivity contribution in [2.75, 3.05) is 53.0 Å². The fourth-order valence-electron chi connectivity index (χ4n) is 4.22. The Morgan fingerprint density at radius 2 is 2.00 bits per heavy atom. The number of carbonyl (C=O) groups excluding carboxylic acids is 1. The van der Waals surface area contributed by atoms with Crippen molar-refractivity contribution < 1.29 is 27.4 Å². The van der Waals surface area contributed by atoms with Crippen LogP contribution in [0.2, 0.25) is 0 Å². The first kappa shape index (κ1) is 24.4. The molecule has 1 aliphatic carbocycles. The van der Waals surface area contributed by atoms with E-state index in [-0.39, 0.29) is 42.3 Å². The van der Waals surface area contributed by atoms with Gasteiger partial charge in [0.1, 0.15) is 12.4 Å². The molecule has 2 aromatic rings. The van der Waals surface area contributed by atoms with Crippen LogP contribution < -0.4 is 10.1 Å². The lowest BCUT2D eigenvalue weighted by Crippen LogP contribution is -2.51. The van der Waals surface area contributed by atoms with Crippen LogP contribution in [-0.2, 0) is 16.1 Å². The highest BCUT2D eigenvalue weighted by Crippen LogP contribution is 2.46. The number of amides is 1. The van der Waals surface area contributed by atoms with E-state index in [4.69, 9.17) is 9.47 Å². The minimum Gasteiger partial charge on any atom is -0.485 e. The van der Waals surface area contributed by atoms with Gasteiger partial charge in [0.05, 0.1) is 13.2 Å². The second-order valence-corrected chi connectivity index (χ2v) is 8.59. The van der Waals surface area contributed by atoms with Crippen LogP contribution in [-0.4, -0.2) is 79.7 Å². The standard InChI is InChI=1S/C24H29F3N4O3/c1-33-10-9-30-5-7-31(8-6-30)22(32)14-29-21-13-18(21)19-11-17(25)12-20(26)23(19)34-15-16-3-2-4-28-24(16)27/h2-4,11-12,18,21,29H,5-10,13-15H2,1H3. The molecule has 0 spiro atoms. The minimum absolute atomic E-state index is 0.00555. The summed E-state index contributed by atoms with van der Waals surface area (Å²) in [6, 6.07) is 4.95. The molecule has 2 fully saturated rings. The second-order valence-electron chi connectivity index (χ2n) is 8.59. The molecule has 2 unspecified atom stereocenters. The van der Waals surface area contributed by atoms with Gasteiger partial charge in [0.15, 0.2) is 11.6 Å². The molecular formula is C24H29F3N4O3. The Kier molecular flexibility index (Phi) is 8.02. The zero-order chi connectivity index (χ0) is 24.1. The second kappa shape index (κ2) is 11.2. The Labute approximate surface area is 196 Å². The van der Waals surface area contributed by atoms with Crippen LogP contribution in [0.5, 0.6) is 5.75 Å². The Balaban J connectivity index is 1.31. The predicted octanol–water partition coefficient (Wildman–Crippen LogP) is 2.31. The summed E-state index contributed by atoms with van der Waals surface area (Å²) in [4.78, 5) is 20.2. The molecule has 2 atom stereocenters. The van der Waals surface area contributed by atoms with Crippen molar-refractivity contribution in [1.82, 2.24) is 20.1 Å². The van der Waals surface area contributed by atoms with Crippen molar-refractivity contribution in [3.63, 3.8) is 0 Å². The molecule has 1 saturated carbocycles. The Morgan fingerprint density at radius 3 is 2.74 bits per heavy atom. The van der Waals surface area contributed by atoms with Crippen LogP contribution in [0.1, 0.15) is 23.5 Å². The fourth-order valence-corrected chi connectivity index (χ4v) is 4.22. The molecule has 0 radical (unpaired) electrons. The van der Waals surface area contributed by atoms with E-state index >= 15 is 0 Å². The largest absolute Gasteiger partial charge is 0.485 e. The summed E-state index contributed by atoms with van der Waals surface area (Å²) in [5, 5.41) is 3.20. The van der Waals surface area contributed by atoms with Crippen LogP contribution in [0.25, 0.3) is 0 Å². The lowest BCUT2D eigenvalue weighted by atomic mass is 10.1. The number of hydrogen-bond acceptors (Lipinski definition) is 6. The highest BCUT2D eigenvalue weighted by molar-refractivity contribution is 5.78. The van der Waals surface area contributed by atoms with E-state index in [9.17, 15) is 18.0 Å². The number of halogens is 3. The van der Waals surface area contributed by atoms with Crippen LogP contribution >= 0.6 is 0 Å². The van der Waals surface area contributed by atoms with E-state index in [1.165, 1.54) is 18.3 Å². The summed E-state index contributed by atoms with van der Waals surface area (Å²) in [6.45, 7) is 4.39. The molecule has 1 saturated heterocycles. The van der Waals surface area contributed by atoms with Crippen LogP contribution in [0.15, 0.2) is 30.5 Å². The van der Waals surface area contributed by atoms with E-state index < -0.39 is 17.6 Å². The molecular weight excluding hydrogens is 449 g/mol. The van der Waals surface area contributed by atoms with Gasteiger partial charge < -0.3 is 19.7 Å². The highest BCUT2D eigenvalue weighted by Gasteiger charge is 2.41. The fraction of sp³-hybridized carbons (Fsp3) is 0.500. The van der Waals surface area contributed by atoms with Crippen molar-refractivity contribution in [2.45, 2.75) is 25.0 Å². The van der Waals surface area contributed by atoms with E-state index in [0.29, 0.717) is 31.7 Å². The molecule has 7 nitrogen and oxygen atoms in total. The zero-order valence-electron chi connectivity index (χ0n) is 19.1. The first-order chi connectivity index (χ1) is 16.5. The number of pyridine rings is 1. The number of nitrogens with one attached hydrogen (secondary N) is 1. The summed E-state index contributed by atoms with van der Waals surface area (Å²) in [5.41, 5.74) is 0.550. The molecule has 184 valence electrons. The Bertz CT molecular complexity index is 1000. The Hall–Kier alpha value is -2.69. The van der Waals surface area contributed by atoms with Crippen molar-refractivity contribution in [1.29, 1.82) is 0 Å². The normalized spacial score (nSPS) is 20.4. The number of nitrogens with zero attached hydrogens (tertiary/aromatic N) is 3. The van der Waals surface area contributed by atoms with Gasteiger partial charge in [-0.15, -0.1) is 0 Å².